The fourth-order valence-electron chi connectivity index (χ4n) is 3.00. The highest BCUT2D eigenvalue weighted by molar-refractivity contribution is 5.71. The molecule has 0 saturated carbocycles. The third-order valence-corrected chi connectivity index (χ3v) is 3.90. The number of ether oxygens (including phenoxy) is 1. The molecule has 1 aromatic carbocycles. The molecule has 2 atom stereocenters. The molecular formula is C15H19NO. The Balaban J connectivity index is 1.93. The monoisotopic (exact) mass is 229 g/mol. The molecule has 0 spiro atoms. The van der Waals surface area contributed by atoms with Crippen molar-refractivity contribution in [3.8, 4) is 5.75 Å². The smallest absolute Gasteiger partial charge is 0.119 e. The van der Waals surface area contributed by atoms with Crippen LogP contribution in [-0.4, -0.2) is 19.2 Å². The van der Waals surface area contributed by atoms with Gasteiger partial charge in [0.15, 0.2) is 0 Å². The van der Waals surface area contributed by atoms with Gasteiger partial charge in [0.2, 0.25) is 0 Å². The summed E-state index contributed by atoms with van der Waals surface area (Å²) in [5.41, 5.74) is 2.77. The summed E-state index contributed by atoms with van der Waals surface area (Å²) in [6.45, 7) is 0. The van der Waals surface area contributed by atoms with Crippen LogP contribution >= 0.6 is 0 Å². The van der Waals surface area contributed by atoms with E-state index in [-0.39, 0.29) is 0 Å². The molecule has 2 unspecified atom stereocenters. The van der Waals surface area contributed by atoms with Gasteiger partial charge in [-0.2, -0.15) is 0 Å². The van der Waals surface area contributed by atoms with Gasteiger partial charge in [-0.15, -0.1) is 0 Å². The zero-order valence-corrected chi connectivity index (χ0v) is 10.3. The number of benzene rings is 1. The Morgan fingerprint density at radius 2 is 2.18 bits per heavy atom. The first-order chi connectivity index (χ1) is 8.36. The minimum atomic E-state index is 0.551. The first-order valence-electron chi connectivity index (χ1n) is 6.47. The summed E-state index contributed by atoms with van der Waals surface area (Å²) >= 11 is 0. The number of allylic oxidation sites excluding steroid dienone is 1. The highest BCUT2D eigenvalue weighted by Crippen LogP contribution is 2.32. The molecule has 1 fully saturated rings. The van der Waals surface area contributed by atoms with Crippen LogP contribution in [0.5, 0.6) is 5.75 Å². The number of methoxy groups -OCH3 is 1. The van der Waals surface area contributed by atoms with Gasteiger partial charge in [0.05, 0.1) is 7.11 Å². The third-order valence-electron chi connectivity index (χ3n) is 3.90. The largest absolute Gasteiger partial charge is 0.497 e. The summed E-state index contributed by atoms with van der Waals surface area (Å²) in [6, 6.07) is 9.70. The molecule has 1 aromatic rings. The van der Waals surface area contributed by atoms with Crippen molar-refractivity contribution in [1.29, 1.82) is 0 Å². The van der Waals surface area contributed by atoms with Crippen molar-refractivity contribution >= 4 is 5.57 Å². The third kappa shape index (κ3) is 2.09. The lowest BCUT2D eigenvalue weighted by atomic mass is 9.94. The van der Waals surface area contributed by atoms with Crippen molar-refractivity contribution in [3.63, 3.8) is 0 Å². The average Bonchev–Trinajstić information content (AvgIpc) is 2.71. The summed E-state index contributed by atoms with van der Waals surface area (Å²) < 4.78 is 5.31. The molecule has 3 rings (SSSR count). The van der Waals surface area contributed by atoms with Crippen molar-refractivity contribution in [3.05, 3.63) is 35.9 Å². The van der Waals surface area contributed by atoms with Crippen LogP contribution in [0.1, 0.15) is 31.2 Å². The lowest BCUT2D eigenvalue weighted by Gasteiger charge is -2.16. The highest BCUT2D eigenvalue weighted by atomic mass is 16.5. The number of fused-ring (bicyclic) bond motifs is 2. The van der Waals surface area contributed by atoms with E-state index in [1.807, 2.05) is 6.07 Å². The molecule has 2 aliphatic heterocycles. The van der Waals surface area contributed by atoms with Gasteiger partial charge in [-0.05, 0) is 49.0 Å². The molecule has 0 amide bonds. The Morgan fingerprint density at radius 1 is 1.24 bits per heavy atom. The van der Waals surface area contributed by atoms with E-state index in [2.05, 4.69) is 29.6 Å². The van der Waals surface area contributed by atoms with Crippen molar-refractivity contribution < 1.29 is 4.74 Å². The summed E-state index contributed by atoms with van der Waals surface area (Å²) in [4.78, 5) is 0. The predicted molar refractivity (Wildman–Crippen MR) is 70.2 cm³/mol. The molecule has 1 saturated heterocycles. The SMILES string of the molecule is COc1cccc(C2=CCCC3CCC2N3)c1. The molecule has 2 bridgehead atoms. The van der Waals surface area contributed by atoms with E-state index in [4.69, 9.17) is 4.74 Å². The second-order valence-electron chi connectivity index (χ2n) is 4.96. The van der Waals surface area contributed by atoms with E-state index in [1.165, 1.54) is 36.8 Å². The summed E-state index contributed by atoms with van der Waals surface area (Å²) in [6.07, 6.45) is 7.48. The Bertz CT molecular complexity index is 438. The van der Waals surface area contributed by atoms with Crippen LogP contribution in [0.15, 0.2) is 30.3 Å². The van der Waals surface area contributed by atoms with Gasteiger partial charge in [-0.25, -0.2) is 0 Å². The van der Waals surface area contributed by atoms with Crippen molar-refractivity contribution in [2.45, 2.75) is 37.8 Å². The fourth-order valence-corrected chi connectivity index (χ4v) is 3.00. The predicted octanol–water partition coefficient (Wildman–Crippen LogP) is 2.99. The van der Waals surface area contributed by atoms with Gasteiger partial charge < -0.3 is 10.1 Å². The minimum Gasteiger partial charge on any atom is -0.497 e. The topological polar surface area (TPSA) is 21.3 Å². The molecule has 90 valence electrons. The molecule has 1 N–H and O–H groups in total. The maximum Gasteiger partial charge on any atom is 0.119 e. The molecule has 2 aliphatic rings. The van der Waals surface area contributed by atoms with Gasteiger partial charge in [0, 0.05) is 12.1 Å². The molecule has 0 aliphatic carbocycles. The minimum absolute atomic E-state index is 0.551. The number of hydrogen-bond donors (Lipinski definition) is 1. The van der Waals surface area contributed by atoms with E-state index in [9.17, 15) is 0 Å². The van der Waals surface area contributed by atoms with Crippen LogP contribution in [0.3, 0.4) is 0 Å². The van der Waals surface area contributed by atoms with Crippen LogP contribution in [-0.2, 0) is 0 Å². The van der Waals surface area contributed by atoms with E-state index in [1.54, 1.807) is 7.11 Å². The molecule has 0 aromatic heterocycles. The molecule has 2 nitrogen and oxygen atoms in total. The van der Waals surface area contributed by atoms with Gasteiger partial charge in [0.25, 0.3) is 0 Å². The zero-order valence-electron chi connectivity index (χ0n) is 10.3. The van der Waals surface area contributed by atoms with Crippen molar-refractivity contribution in [1.82, 2.24) is 5.32 Å². The lowest BCUT2D eigenvalue weighted by Crippen LogP contribution is -2.28. The molecule has 2 heterocycles. The van der Waals surface area contributed by atoms with Crippen LogP contribution < -0.4 is 10.1 Å². The van der Waals surface area contributed by atoms with Gasteiger partial charge >= 0.3 is 0 Å². The van der Waals surface area contributed by atoms with Gasteiger partial charge in [-0.1, -0.05) is 18.2 Å². The lowest BCUT2D eigenvalue weighted by molar-refractivity contribution is 0.414. The average molecular weight is 229 g/mol. The van der Waals surface area contributed by atoms with E-state index < -0.39 is 0 Å². The Kier molecular flexibility index (Phi) is 2.89. The normalized spacial score (nSPS) is 27.5. The fraction of sp³-hybridized carbons (Fsp3) is 0.467. The summed E-state index contributed by atoms with van der Waals surface area (Å²) in [5, 5.41) is 3.73. The highest BCUT2D eigenvalue weighted by Gasteiger charge is 2.28. The Morgan fingerprint density at radius 3 is 3.06 bits per heavy atom. The van der Waals surface area contributed by atoms with Crippen molar-refractivity contribution in [2.75, 3.05) is 7.11 Å². The first-order valence-corrected chi connectivity index (χ1v) is 6.47. The maximum atomic E-state index is 5.31. The number of hydrogen-bond acceptors (Lipinski definition) is 2. The first kappa shape index (κ1) is 10.8. The summed E-state index contributed by atoms with van der Waals surface area (Å²) in [7, 11) is 1.73. The van der Waals surface area contributed by atoms with Crippen LogP contribution in [0.2, 0.25) is 0 Å². The van der Waals surface area contributed by atoms with Gasteiger partial charge in [-0.3, -0.25) is 0 Å². The number of nitrogens with one attached hydrogen (secondary N) is 1. The molecule has 2 heteroatoms. The quantitative estimate of drug-likeness (QED) is 0.841. The van der Waals surface area contributed by atoms with Crippen LogP contribution in [0, 0.1) is 0 Å². The molecule has 0 radical (unpaired) electrons. The zero-order chi connectivity index (χ0) is 11.7. The van der Waals surface area contributed by atoms with E-state index in [0.29, 0.717) is 6.04 Å². The second-order valence-corrected chi connectivity index (χ2v) is 4.96. The van der Waals surface area contributed by atoms with Crippen LogP contribution in [0.4, 0.5) is 0 Å². The molecular weight excluding hydrogens is 210 g/mol. The Labute approximate surface area is 103 Å². The maximum absolute atomic E-state index is 5.31. The van der Waals surface area contributed by atoms with Crippen molar-refractivity contribution in [2.24, 2.45) is 0 Å². The van der Waals surface area contributed by atoms with Gasteiger partial charge in [0.1, 0.15) is 5.75 Å². The summed E-state index contributed by atoms with van der Waals surface area (Å²) in [5.74, 6) is 0.946. The number of rotatable bonds is 2. The molecule has 17 heavy (non-hydrogen) atoms. The van der Waals surface area contributed by atoms with E-state index >= 15 is 0 Å². The second kappa shape index (κ2) is 4.53. The standard InChI is InChI=1S/C15H19NO/c1-17-13-6-2-4-11(10-13)14-7-3-5-12-8-9-15(14)16-12/h2,4,6-7,10,12,15-16H,3,5,8-9H2,1H3. The van der Waals surface area contributed by atoms with E-state index in [0.717, 1.165) is 11.8 Å². The van der Waals surface area contributed by atoms with Crippen LogP contribution in [0.25, 0.3) is 5.57 Å². The Hall–Kier alpha value is -1.28.